The van der Waals surface area contributed by atoms with Crippen molar-refractivity contribution in [2.45, 2.75) is 25.5 Å². The van der Waals surface area contributed by atoms with E-state index in [0.29, 0.717) is 19.0 Å². The second-order valence-corrected chi connectivity index (χ2v) is 6.41. The van der Waals surface area contributed by atoms with Crippen LogP contribution in [-0.2, 0) is 15.6 Å². The van der Waals surface area contributed by atoms with Crippen molar-refractivity contribution in [2.75, 3.05) is 6.61 Å². The minimum absolute atomic E-state index is 0.245. The quantitative estimate of drug-likeness (QED) is 0.791. The second kappa shape index (κ2) is 5.80. The van der Waals surface area contributed by atoms with Crippen molar-refractivity contribution in [2.24, 2.45) is 0 Å². The van der Waals surface area contributed by atoms with Gasteiger partial charge >= 0.3 is 0 Å². The van der Waals surface area contributed by atoms with Gasteiger partial charge in [-0.2, -0.15) is 0 Å². The third kappa shape index (κ3) is 2.94. The molecule has 0 amide bonds. The van der Waals surface area contributed by atoms with Crippen molar-refractivity contribution in [3.05, 3.63) is 24.3 Å². The van der Waals surface area contributed by atoms with Gasteiger partial charge in [-0.05, 0) is 38.1 Å². The summed E-state index contributed by atoms with van der Waals surface area (Å²) in [6, 6.07) is 7.18. The van der Waals surface area contributed by atoms with E-state index in [0.717, 1.165) is 11.3 Å². The highest BCUT2D eigenvalue weighted by Crippen LogP contribution is 2.24. The monoisotopic (exact) mass is 315 g/mol. The van der Waals surface area contributed by atoms with E-state index in [9.17, 15) is 8.42 Å². The molecule has 0 radical (unpaired) electrons. The summed E-state index contributed by atoms with van der Waals surface area (Å²) >= 11 is 0. The van der Waals surface area contributed by atoms with E-state index in [1.54, 1.807) is 31.2 Å². The van der Waals surface area contributed by atoms with Crippen LogP contribution in [0.3, 0.4) is 0 Å². The largest absolute Gasteiger partial charge is 0.494 e. The van der Waals surface area contributed by atoms with Crippen LogP contribution >= 0.6 is 10.7 Å². The molecular weight excluding hydrogens is 302 g/mol. The summed E-state index contributed by atoms with van der Waals surface area (Å²) in [6.07, 6.45) is 0. The van der Waals surface area contributed by atoms with Crippen LogP contribution in [0.25, 0.3) is 11.4 Å². The summed E-state index contributed by atoms with van der Waals surface area (Å²) in [4.78, 5) is 0. The Balaban J connectivity index is 2.45. The normalized spacial score (nSPS) is 11.6. The predicted molar refractivity (Wildman–Crippen MR) is 75.3 cm³/mol. The van der Waals surface area contributed by atoms with Crippen LogP contribution in [0.2, 0.25) is 0 Å². The highest BCUT2D eigenvalue weighted by atomic mass is 35.7. The molecule has 0 aliphatic carbocycles. The van der Waals surface area contributed by atoms with Crippen molar-refractivity contribution in [1.29, 1.82) is 0 Å². The minimum Gasteiger partial charge on any atom is -0.494 e. The Morgan fingerprint density at radius 2 is 1.85 bits per heavy atom. The average molecular weight is 316 g/mol. The molecule has 108 valence electrons. The topological polar surface area (TPSA) is 74.1 Å². The first-order chi connectivity index (χ1) is 9.47. The fraction of sp³-hybridized carbons (Fsp3) is 0.333. The van der Waals surface area contributed by atoms with Gasteiger partial charge in [-0.1, -0.05) is 0 Å². The Morgan fingerprint density at radius 3 is 2.35 bits per heavy atom. The van der Waals surface area contributed by atoms with Crippen LogP contribution in [0.4, 0.5) is 0 Å². The fourth-order valence-corrected chi connectivity index (χ4v) is 2.79. The summed E-state index contributed by atoms with van der Waals surface area (Å²) < 4.78 is 29.6. The third-order valence-electron chi connectivity index (χ3n) is 2.67. The zero-order chi connectivity index (χ0) is 14.8. The fourth-order valence-electron chi connectivity index (χ4n) is 1.83. The van der Waals surface area contributed by atoms with Crippen molar-refractivity contribution in [3.8, 4) is 17.1 Å². The minimum atomic E-state index is -3.91. The number of aromatic nitrogens is 3. The van der Waals surface area contributed by atoms with Gasteiger partial charge in [0.15, 0.2) is 5.82 Å². The Morgan fingerprint density at radius 1 is 1.20 bits per heavy atom. The van der Waals surface area contributed by atoms with Crippen LogP contribution in [0.5, 0.6) is 5.75 Å². The lowest BCUT2D eigenvalue weighted by Crippen LogP contribution is -2.06. The highest BCUT2D eigenvalue weighted by Gasteiger charge is 2.22. The maximum Gasteiger partial charge on any atom is 0.296 e. The van der Waals surface area contributed by atoms with Crippen molar-refractivity contribution in [1.82, 2.24) is 14.8 Å². The van der Waals surface area contributed by atoms with E-state index in [-0.39, 0.29) is 5.16 Å². The first-order valence-electron chi connectivity index (χ1n) is 6.08. The van der Waals surface area contributed by atoms with Crippen LogP contribution in [0.15, 0.2) is 29.4 Å². The number of rotatable bonds is 5. The lowest BCUT2D eigenvalue weighted by atomic mass is 10.2. The number of ether oxygens (including phenoxy) is 1. The molecule has 0 aliphatic rings. The van der Waals surface area contributed by atoms with Gasteiger partial charge in [0.1, 0.15) is 5.75 Å². The maximum absolute atomic E-state index is 11.4. The van der Waals surface area contributed by atoms with Crippen LogP contribution in [-0.4, -0.2) is 29.8 Å². The smallest absolute Gasteiger partial charge is 0.296 e. The first kappa shape index (κ1) is 14.8. The summed E-state index contributed by atoms with van der Waals surface area (Å²) in [5.74, 6) is 1.19. The number of hydrogen-bond donors (Lipinski definition) is 0. The highest BCUT2D eigenvalue weighted by molar-refractivity contribution is 8.13. The summed E-state index contributed by atoms with van der Waals surface area (Å²) in [5, 5.41) is 7.32. The van der Waals surface area contributed by atoms with Crippen LogP contribution < -0.4 is 4.74 Å². The lowest BCUT2D eigenvalue weighted by molar-refractivity contribution is 0.340. The van der Waals surface area contributed by atoms with E-state index in [2.05, 4.69) is 10.2 Å². The molecule has 8 heteroatoms. The number of nitrogens with zero attached hydrogens (tertiary/aromatic N) is 3. The molecule has 0 atom stereocenters. The van der Waals surface area contributed by atoms with E-state index in [1.165, 1.54) is 4.57 Å². The van der Waals surface area contributed by atoms with Gasteiger partial charge in [0, 0.05) is 22.8 Å². The predicted octanol–water partition coefficient (Wildman–Crippen LogP) is 2.29. The molecule has 1 aromatic heterocycles. The zero-order valence-corrected chi connectivity index (χ0v) is 12.6. The molecule has 0 bridgehead atoms. The van der Waals surface area contributed by atoms with E-state index in [4.69, 9.17) is 15.4 Å². The average Bonchev–Trinajstić information content (AvgIpc) is 2.83. The van der Waals surface area contributed by atoms with Gasteiger partial charge in [-0.3, -0.25) is 4.57 Å². The number of hydrogen-bond acceptors (Lipinski definition) is 5. The van der Waals surface area contributed by atoms with Crippen LogP contribution in [0, 0.1) is 0 Å². The van der Waals surface area contributed by atoms with Gasteiger partial charge in [-0.25, -0.2) is 8.42 Å². The molecule has 0 fully saturated rings. The van der Waals surface area contributed by atoms with Gasteiger partial charge in [-0.15, -0.1) is 10.2 Å². The molecule has 1 aromatic carbocycles. The SMILES string of the molecule is CCOc1ccc(-c2nnc(S(=O)(=O)Cl)n2CC)cc1. The molecule has 0 saturated carbocycles. The molecular formula is C12H14ClN3O3S. The third-order valence-corrected chi connectivity index (χ3v) is 3.83. The molecule has 0 unspecified atom stereocenters. The molecule has 2 aromatic rings. The lowest BCUT2D eigenvalue weighted by Gasteiger charge is -2.07. The van der Waals surface area contributed by atoms with Gasteiger partial charge < -0.3 is 4.74 Å². The molecule has 1 heterocycles. The Labute approximate surface area is 121 Å². The Hall–Kier alpha value is -1.60. The molecule has 0 saturated heterocycles. The summed E-state index contributed by atoms with van der Waals surface area (Å²) in [7, 11) is 1.43. The molecule has 20 heavy (non-hydrogen) atoms. The Kier molecular flexibility index (Phi) is 4.29. The van der Waals surface area contributed by atoms with E-state index < -0.39 is 9.05 Å². The zero-order valence-electron chi connectivity index (χ0n) is 11.1. The van der Waals surface area contributed by atoms with E-state index >= 15 is 0 Å². The van der Waals surface area contributed by atoms with Crippen molar-refractivity contribution < 1.29 is 13.2 Å². The maximum atomic E-state index is 11.4. The number of halogens is 1. The molecule has 6 nitrogen and oxygen atoms in total. The van der Waals surface area contributed by atoms with Gasteiger partial charge in [0.05, 0.1) is 6.61 Å². The van der Waals surface area contributed by atoms with Crippen LogP contribution in [0.1, 0.15) is 13.8 Å². The molecule has 0 spiro atoms. The van der Waals surface area contributed by atoms with Gasteiger partial charge in [0.25, 0.3) is 14.2 Å². The Bertz CT molecular complexity index is 695. The standard InChI is InChI=1S/C12H14ClN3O3S/c1-3-16-11(14-15-12(16)20(13,17)18)9-5-7-10(8-6-9)19-4-2/h5-8H,3-4H2,1-2H3. The van der Waals surface area contributed by atoms with E-state index in [1.807, 2.05) is 6.92 Å². The molecule has 0 aliphatic heterocycles. The summed E-state index contributed by atoms with van der Waals surface area (Å²) in [6.45, 7) is 4.68. The second-order valence-electron chi connectivity index (χ2n) is 3.95. The molecule has 0 N–H and O–H groups in total. The van der Waals surface area contributed by atoms with Crippen molar-refractivity contribution in [3.63, 3.8) is 0 Å². The van der Waals surface area contributed by atoms with Crippen molar-refractivity contribution >= 4 is 19.7 Å². The molecule has 2 rings (SSSR count). The van der Waals surface area contributed by atoms with Gasteiger partial charge in [0.2, 0.25) is 0 Å². The summed E-state index contributed by atoms with van der Waals surface area (Å²) in [5.41, 5.74) is 0.745. The first-order valence-corrected chi connectivity index (χ1v) is 8.39. The number of benzene rings is 1.